The molecule has 0 spiro atoms. The first-order chi connectivity index (χ1) is 16.3. The third kappa shape index (κ3) is 5.41. The van der Waals surface area contributed by atoms with E-state index in [4.69, 9.17) is 4.74 Å². The molecule has 1 aromatic carbocycles. The minimum atomic E-state index is -4.41. The maximum Gasteiger partial charge on any atom is 0.416 e. The topological polar surface area (TPSA) is 49.7 Å². The maximum absolute atomic E-state index is 13.4. The first-order valence-corrected chi connectivity index (χ1v) is 11.9. The zero-order valence-corrected chi connectivity index (χ0v) is 19.9. The Labute approximate surface area is 198 Å². The van der Waals surface area contributed by atoms with E-state index in [1.54, 1.807) is 6.07 Å². The van der Waals surface area contributed by atoms with Crippen LogP contribution in [0.4, 0.5) is 18.9 Å². The minimum absolute atomic E-state index is 0.189. The lowest BCUT2D eigenvalue weighted by atomic mass is 10.1. The second-order valence-corrected chi connectivity index (χ2v) is 9.10. The molecule has 2 aliphatic rings. The number of ether oxygens (including phenoxy) is 1. The van der Waals surface area contributed by atoms with Crippen molar-refractivity contribution in [3.8, 4) is 0 Å². The van der Waals surface area contributed by atoms with Crippen LogP contribution in [0.1, 0.15) is 45.7 Å². The number of rotatable bonds is 7. The number of benzene rings is 1. The van der Waals surface area contributed by atoms with E-state index >= 15 is 0 Å². The Balaban J connectivity index is 1.63. The second kappa shape index (κ2) is 10.4. The normalized spacial score (nSPS) is 17.4. The van der Waals surface area contributed by atoms with Crippen LogP contribution in [-0.4, -0.2) is 67.9 Å². The number of nitrogens with zero attached hydrogens (tertiary/aromatic N) is 3. The Hall–Kier alpha value is -2.52. The number of morpholine rings is 1. The summed E-state index contributed by atoms with van der Waals surface area (Å²) in [6.07, 6.45) is -2.03. The van der Waals surface area contributed by atoms with Crippen LogP contribution in [-0.2, 0) is 17.5 Å². The van der Waals surface area contributed by atoms with E-state index in [1.807, 2.05) is 18.4 Å². The highest BCUT2D eigenvalue weighted by Gasteiger charge is 2.31. The van der Waals surface area contributed by atoms with Gasteiger partial charge in [0, 0.05) is 44.0 Å². The summed E-state index contributed by atoms with van der Waals surface area (Å²) in [6.45, 7) is 10.1. The first-order valence-electron chi connectivity index (χ1n) is 11.9. The number of halogens is 3. The van der Waals surface area contributed by atoms with Crippen molar-refractivity contribution < 1.29 is 22.7 Å². The molecular formula is C25H33F3N4O2. The van der Waals surface area contributed by atoms with E-state index < -0.39 is 11.7 Å². The van der Waals surface area contributed by atoms with Crippen molar-refractivity contribution in [1.82, 2.24) is 14.8 Å². The quantitative estimate of drug-likeness (QED) is 0.657. The molecule has 4 rings (SSSR count). The van der Waals surface area contributed by atoms with Crippen LogP contribution in [0.15, 0.2) is 24.3 Å². The molecule has 2 saturated heterocycles. The number of hydrogen-bond donors (Lipinski definition) is 1. The summed E-state index contributed by atoms with van der Waals surface area (Å²) in [5, 5.41) is 3.05. The van der Waals surface area contributed by atoms with Gasteiger partial charge in [-0.25, -0.2) is 0 Å². The number of aromatic nitrogens is 1. The summed E-state index contributed by atoms with van der Waals surface area (Å²) in [5.74, 6) is -0.189. The molecule has 0 bridgehead atoms. The van der Waals surface area contributed by atoms with E-state index in [9.17, 15) is 18.0 Å². The fraction of sp³-hybridized carbons (Fsp3) is 0.560. The van der Waals surface area contributed by atoms with E-state index in [-0.39, 0.29) is 12.5 Å². The molecule has 1 aromatic heterocycles. The zero-order chi connectivity index (χ0) is 24.3. The predicted molar refractivity (Wildman–Crippen MR) is 125 cm³/mol. The Bertz CT molecular complexity index is 1010. The smallest absolute Gasteiger partial charge is 0.378 e. The van der Waals surface area contributed by atoms with E-state index in [0.29, 0.717) is 44.1 Å². The van der Waals surface area contributed by atoms with Gasteiger partial charge in [-0.15, -0.1) is 0 Å². The van der Waals surface area contributed by atoms with Crippen LogP contribution in [0.3, 0.4) is 0 Å². The van der Waals surface area contributed by atoms with Gasteiger partial charge in [0.1, 0.15) is 5.69 Å². The lowest BCUT2D eigenvalue weighted by molar-refractivity contribution is -0.137. The van der Waals surface area contributed by atoms with Gasteiger partial charge in [0.15, 0.2) is 0 Å². The molecule has 0 radical (unpaired) electrons. The average Bonchev–Trinajstić information content (AvgIpc) is 3.40. The maximum atomic E-state index is 13.4. The number of amides is 1. The highest BCUT2D eigenvalue weighted by Crippen LogP contribution is 2.33. The van der Waals surface area contributed by atoms with Crippen molar-refractivity contribution in [3.05, 3.63) is 52.3 Å². The van der Waals surface area contributed by atoms with E-state index in [2.05, 4.69) is 15.1 Å². The molecule has 1 amide bonds. The fourth-order valence-electron chi connectivity index (χ4n) is 5.07. The van der Waals surface area contributed by atoms with E-state index in [1.165, 1.54) is 18.9 Å². The molecule has 2 aliphatic heterocycles. The molecular weight excluding hydrogens is 445 g/mol. The molecule has 9 heteroatoms. The molecule has 3 heterocycles. The van der Waals surface area contributed by atoms with Crippen molar-refractivity contribution in [2.75, 3.05) is 57.4 Å². The van der Waals surface area contributed by atoms with Crippen molar-refractivity contribution in [1.29, 1.82) is 0 Å². The van der Waals surface area contributed by atoms with Gasteiger partial charge in [0.05, 0.1) is 24.5 Å². The number of carbonyl (C=O) groups is 1. The zero-order valence-electron chi connectivity index (χ0n) is 19.9. The van der Waals surface area contributed by atoms with Gasteiger partial charge in [-0.05, 0) is 57.5 Å². The summed E-state index contributed by atoms with van der Waals surface area (Å²) >= 11 is 0. The first kappa shape index (κ1) is 24.6. The number of hydrogen-bond acceptors (Lipinski definition) is 4. The van der Waals surface area contributed by atoms with Gasteiger partial charge in [-0.3, -0.25) is 4.79 Å². The minimum Gasteiger partial charge on any atom is -0.378 e. The Kier molecular flexibility index (Phi) is 7.52. The van der Waals surface area contributed by atoms with Crippen LogP contribution in [0.25, 0.3) is 0 Å². The Morgan fingerprint density at radius 3 is 2.47 bits per heavy atom. The molecule has 34 heavy (non-hydrogen) atoms. The van der Waals surface area contributed by atoms with Crippen LogP contribution < -0.4 is 10.2 Å². The summed E-state index contributed by atoms with van der Waals surface area (Å²) in [7, 11) is 0. The van der Waals surface area contributed by atoms with Gasteiger partial charge in [-0.1, -0.05) is 12.1 Å². The van der Waals surface area contributed by atoms with Crippen LogP contribution in [0, 0.1) is 13.8 Å². The summed E-state index contributed by atoms with van der Waals surface area (Å²) < 4.78 is 47.2. The molecule has 0 aliphatic carbocycles. The van der Waals surface area contributed by atoms with Gasteiger partial charge < -0.3 is 24.4 Å². The van der Waals surface area contributed by atoms with Crippen molar-refractivity contribution in [3.63, 3.8) is 0 Å². The van der Waals surface area contributed by atoms with Gasteiger partial charge >= 0.3 is 6.18 Å². The highest BCUT2D eigenvalue weighted by molar-refractivity contribution is 5.96. The third-order valence-electron chi connectivity index (χ3n) is 6.78. The van der Waals surface area contributed by atoms with Crippen LogP contribution in [0.2, 0.25) is 0 Å². The SMILES string of the molecule is Cc1c(N2CCOCC2)c(C)n(Cc2cccc(C(F)(F)F)c2)c1C(=O)NCCN1CCCC1. The molecule has 6 nitrogen and oxygen atoms in total. The molecule has 2 aromatic rings. The Morgan fingerprint density at radius 1 is 1.09 bits per heavy atom. The molecule has 2 fully saturated rings. The third-order valence-corrected chi connectivity index (χ3v) is 6.78. The summed E-state index contributed by atoms with van der Waals surface area (Å²) in [5.41, 5.74) is 3.04. The van der Waals surface area contributed by atoms with Crippen molar-refractivity contribution in [2.24, 2.45) is 0 Å². The largest absolute Gasteiger partial charge is 0.416 e. The van der Waals surface area contributed by atoms with Crippen molar-refractivity contribution >= 4 is 11.6 Å². The molecule has 1 N–H and O–H groups in total. The second-order valence-electron chi connectivity index (χ2n) is 9.10. The molecule has 186 valence electrons. The number of alkyl halides is 3. The summed E-state index contributed by atoms with van der Waals surface area (Å²) in [4.78, 5) is 17.9. The Morgan fingerprint density at radius 2 is 1.79 bits per heavy atom. The van der Waals surface area contributed by atoms with Gasteiger partial charge in [-0.2, -0.15) is 13.2 Å². The number of likely N-dealkylation sites (tertiary alicyclic amines) is 1. The van der Waals surface area contributed by atoms with E-state index in [0.717, 1.165) is 48.7 Å². The lowest BCUT2D eigenvalue weighted by Crippen LogP contribution is -2.37. The number of carbonyl (C=O) groups excluding carboxylic acids is 1. The predicted octanol–water partition coefficient (Wildman–Crippen LogP) is 3.83. The van der Waals surface area contributed by atoms with Gasteiger partial charge in [0.25, 0.3) is 5.91 Å². The van der Waals surface area contributed by atoms with Gasteiger partial charge in [0.2, 0.25) is 0 Å². The standard InChI is InChI=1S/C25H33F3N4O2/c1-18-22(31-12-14-34-15-13-31)19(2)32(17-20-6-5-7-21(16-20)25(26,27)28)23(18)24(33)29-8-11-30-9-3-4-10-30/h5-7,16H,3-4,8-15,17H2,1-2H3,(H,29,33). The molecule has 0 atom stereocenters. The number of nitrogens with one attached hydrogen (secondary N) is 1. The highest BCUT2D eigenvalue weighted by atomic mass is 19.4. The summed E-state index contributed by atoms with van der Waals surface area (Å²) in [6, 6.07) is 5.33. The van der Waals surface area contributed by atoms with Crippen molar-refractivity contribution in [2.45, 2.75) is 39.4 Å². The molecule has 0 unspecified atom stereocenters. The van der Waals surface area contributed by atoms with Crippen LogP contribution >= 0.6 is 0 Å². The molecule has 0 saturated carbocycles. The van der Waals surface area contributed by atoms with Crippen LogP contribution in [0.5, 0.6) is 0 Å². The number of anilines is 1. The average molecular weight is 479 g/mol. The fourth-order valence-corrected chi connectivity index (χ4v) is 5.07. The monoisotopic (exact) mass is 478 g/mol. The lowest BCUT2D eigenvalue weighted by Gasteiger charge is -2.29.